The van der Waals surface area contributed by atoms with Crippen LogP contribution in [0, 0.1) is 5.41 Å². The summed E-state index contributed by atoms with van der Waals surface area (Å²) in [4.78, 5) is 15.9. The quantitative estimate of drug-likeness (QED) is 0.267. The first-order valence-corrected chi connectivity index (χ1v) is 7.92. The zero-order valence-corrected chi connectivity index (χ0v) is 17.7. The molecule has 8 heteroatoms. The van der Waals surface area contributed by atoms with E-state index in [1.807, 2.05) is 26.8 Å². The summed E-state index contributed by atoms with van der Waals surface area (Å²) in [7, 11) is 1.70. The molecule has 0 fully saturated rings. The monoisotopic (exact) mass is 451 g/mol. The van der Waals surface area contributed by atoms with E-state index in [-0.39, 0.29) is 35.3 Å². The molecule has 1 aromatic heterocycles. The van der Waals surface area contributed by atoms with Crippen molar-refractivity contribution in [2.24, 2.45) is 10.4 Å². The fourth-order valence-corrected chi connectivity index (χ4v) is 1.70. The Balaban J connectivity index is 0.00000529. The van der Waals surface area contributed by atoms with Gasteiger partial charge in [-0.3, -0.25) is 9.79 Å². The molecule has 138 valence electrons. The average Bonchev–Trinajstić information content (AvgIpc) is 2.94. The normalized spacial score (nSPS) is 11.9. The zero-order chi connectivity index (χ0) is 17.5. The number of amides is 1. The van der Waals surface area contributed by atoms with E-state index in [1.54, 1.807) is 7.05 Å². The van der Waals surface area contributed by atoms with E-state index in [0.29, 0.717) is 31.5 Å². The second-order valence-electron chi connectivity index (χ2n) is 6.73. The predicted octanol–water partition coefficient (Wildman–Crippen LogP) is 2.24. The van der Waals surface area contributed by atoms with Crippen molar-refractivity contribution in [3.8, 4) is 0 Å². The molecule has 0 aliphatic heterocycles. The van der Waals surface area contributed by atoms with E-state index >= 15 is 0 Å². The molecule has 1 rings (SSSR count). The molecule has 0 bridgehead atoms. The fraction of sp³-hybridized carbons (Fsp3) is 0.688. The van der Waals surface area contributed by atoms with Crippen molar-refractivity contribution in [3.05, 3.63) is 17.5 Å². The first kappa shape index (κ1) is 22.7. The number of rotatable bonds is 6. The first-order valence-electron chi connectivity index (χ1n) is 7.92. The van der Waals surface area contributed by atoms with Gasteiger partial charge in [0.05, 0.1) is 12.2 Å². The summed E-state index contributed by atoms with van der Waals surface area (Å²) in [6.07, 6.45) is 0. The zero-order valence-electron chi connectivity index (χ0n) is 15.4. The van der Waals surface area contributed by atoms with E-state index in [4.69, 9.17) is 4.52 Å². The van der Waals surface area contributed by atoms with Crippen molar-refractivity contribution in [1.82, 2.24) is 21.1 Å². The number of aliphatic imine (C=N–C) groups is 1. The first-order chi connectivity index (χ1) is 10.7. The highest BCUT2D eigenvalue weighted by molar-refractivity contribution is 14.0. The molecule has 0 atom stereocenters. The SMILES string of the molecule is CN=C(NCCNC(=O)C(C)(C)C)NCc1cc(C(C)C)no1.I. The van der Waals surface area contributed by atoms with E-state index in [9.17, 15) is 4.79 Å². The van der Waals surface area contributed by atoms with Crippen LogP contribution < -0.4 is 16.0 Å². The smallest absolute Gasteiger partial charge is 0.225 e. The van der Waals surface area contributed by atoms with Crippen molar-refractivity contribution in [1.29, 1.82) is 0 Å². The summed E-state index contributed by atoms with van der Waals surface area (Å²) >= 11 is 0. The maximum absolute atomic E-state index is 11.7. The molecule has 0 spiro atoms. The second-order valence-corrected chi connectivity index (χ2v) is 6.73. The van der Waals surface area contributed by atoms with Gasteiger partial charge in [-0.2, -0.15) is 0 Å². The third-order valence-electron chi connectivity index (χ3n) is 3.21. The van der Waals surface area contributed by atoms with E-state index < -0.39 is 0 Å². The van der Waals surface area contributed by atoms with Gasteiger partial charge in [0.1, 0.15) is 0 Å². The fourth-order valence-electron chi connectivity index (χ4n) is 1.70. The lowest BCUT2D eigenvalue weighted by molar-refractivity contribution is -0.128. The Morgan fingerprint density at radius 2 is 1.88 bits per heavy atom. The van der Waals surface area contributed by atoms with Gasteiger partial charge in [-0.1, -0.05) is 39.8 Å². The number of nitrogens with zero attached hydrogens (tertiary/aromatic N) is 2. The highest BCUT2D eigenvalue weighted by atomic mass is 127. The van der Waals surface area contributed by atoms with Crippen LogP contribution in [0.25, 0.3) is 0 Å². The number of halogens is 1. The highest BCUT2D eigenvalue weighted by Gasteiger charge is 2.20. The van der Waals surface area contributed by atoms with Crippen LogP contribution in [0.15, 0.2) is 15.6 Å². The van der Waals surface area contributed by atoms with Crippen LogP contribution >= 0.6 is 24.0 Å². The van der Waals surface area contributed by atoms with Gasteiger partial charge in [0.25, 0.3) is 0 Å². The molecule has 0 saturated carbocycles. The van der Waals surface area contributed by atoms with Crippen molar-refractivity contribution in [3.63, 3.8) is 0 Å². The van der Waals surface area contributed by atoms with Gasteiger partial charge >= 0.3 is 0 Å². The van der Waals surface area contributed by atoms with E-state index in [2.05, 4.69) is 39.9 Å². The van der Waals surface area contributed by atoms with Gasteiger partial charge in [-0.15, -0.1) is 24.0 Å². The Morgan fingerprint density at radius 1 is 1.25 bits per heavy atom. The van der Waals surface area contributed by atoms with Gasteiger partial charge in [0, 0.05) is 31.6 Å². The van der Waals surface area contributed by atoms with Crippen molar-refractivity contribution in [2.45, 2.75) is 47.1 Å². The molecule has 24 heavy (non-hydrogen) atoms. The average molecular weight is 451 g/mol. The molecule has 0 aliphatic carbocycles. The molecule has 0 radical (unpaired) electrons. The number of carbonyl (C=O) groups is 1. The lowest BCUT2D eigenvalue weighted by Crippen LogP contribution is -2.43. The summed E-state index contributed by atoms with van der Waals surface area (Å²) in [5, 5.41) is 13.2. The molecule has 0 aliphatic rings. The molecule has 1 amide bonds. The van der Waals surface area contributed by atoms with Gasteiger partial charge in [0.2, 0.25) is 5.91 Å². The van der Waals surface area contributed by atoms with Crippen molar-refractivity contribution in [2.75, 3.05) is 20.1 Å². The largest absolute Gasteiger partial charge is 0.359 e. The standard InChI is InChI=1S/C16H29N5O2.HI/c1-11(2)13-9-12(23-21-13)10-20-15(17-6)19-8-7-18-14(22)16(3,4)5;/h9,11H,7-8,10H2,1-6H3,(H,18,22)(H2,17,19,20);1H. The van der Waals surface area contributed by atoms with Crippen LogP contribution in [-0.2, 0) is 11.3 Å². The Kier molecular flexibility index (Phi) is 9.95. The molecular formula is C16H30IN5O2. The summed E-state index contributed by atoms with van der Waals surface area (Å²) in [5.74, 6) is 1.79. The Morgan fingerprint density at radius 3 is 2.38 bits per heavy atom. The summed E-state index contributed by atoms with van der Waals surface area (Å²) in [5.41, 5.74) is 0.565. The molecule has 1 heterocycles. The van der Waals surface area contributed by atoms with Crippen LogP contribution in [0.5, 0.6) is 0 Å². The van der Waals surface area contributed by atoms with E-state index in [1.165, 1.54) is 0 Å². The number of hydrogen-bond donors (Lipinski definition) is 3. The number of aromatic nitrogens is 1. The van der Waals surface area contributed by atoms with Crippen LogP contribution in [0.1, 0.15) is 52.0 Å². The Labute approximate surface area is 161 Å². The van der Waals surface area contributed by atoms with Crippen LogP contribution in [0.2, 0.25) is 0 Å². The van der Waals surface area contributed by atoms with Crippen LogP contribution in [0.3, 0.4) is 0 Å². The maximum Gasteiger partial charge on any atom is 0.225 e. The molecular weight excluding hydrogens is 421 g/mol. The minimum Gasteiger partial charge on any atom is -0.359 e. The predicted molar refractivity (Wildman–Crippen MR) is 107 cm³/mol. The lowest BCUT2D eigenvalue weighted by atomic mass is 9.96. The highest BCUT2D eigenvalue weighted by Crippen LogP contribution is 2.13. The third kappa shape index (κ3) is 7.98. The number of carbonyl (C=O) groups excluding carboxylic acids is 1. The summed E-state index contributed by atoms with van der Waals surface area (Å²) in [6.45, 7) is 11.4. The van der Waals surface area contributed by atoms with Gasteiger partial charge in [0.15, 0.2) is 11.7 Å². The number of guanidine groups is 1. The molecule has 0 saturated heterocycles. The minimum atomic E-state index is -0.375. The molecule has 3 N–H and O–H groups in total. The minimum absolute atomic E-state index is 0. The van der Waals surface area contributed by atoms with Gasteiger partial charge in [-0.25, -0.2) is 0 Å². The molecule has 1 aromatic rings. The molecule has 0 unspecified atom stereocenters. The Hall–Kier alpha value is -1.32. The van der Waals surface area contributed by atoms with E-state index in [0.717, 1.165) is 11.5 Å². The van der Waals surface area contributed by atoms with Gasteiger partial charge in [-0.05, 0) is 5.92 Å². The molecule has 7 nitrogen and oxygen atoms in total. The lowest BCUT2D eigenvalue weighted by Gasteiger charge is -2.18. The summed E-state index contributed by atoms with van der Waals surface area (Å²) < 4.78 is 5.26. The topological polar surface area (TPSA) is 91.5 Å². The number of hydrogen-bond acceptors (Lipinski definition) is 4. The van der Waals surface area contributed by atoms with Crippen LogP contribution in [-0.4, -0.2) is 37.2 Å². The van der Waals surface area contributed by atoms with Crippen molar-refractivity contribution >= 4 is 35.8 Å². The van der Waals surface area contributed by atoms with Crippen molar-refractivity contribution < 1.29 is 9.32 Å². The van der Waals surface area contributed by atoms with Crippen LogP contribution in [0.4, 0.5) is 0 Å². The third-order valence-corrected chi connectivity index (χ3v) is 3.21. The number of nitrogens with one attached hydrogen (secondary N) is 3. The molecule has 0 aromatic carbocycles. The second kappa shape index (κ2) is 10.5. The summed E-state index contributed by atoms with van der Waals surface area (Å²) in [6, 6.07) is 1.94. The maximum atomic E-state index is 11.7. The van der Waals surface area contributed by atoms with Gasteiger partial charge < -0.3 is 20.5 Å². The Bertz CT molecular complexity index is 535.